The van der Waals surface area contributed by atoms with Crippen LogP contribution in [0, 0.1) is 29.6 Å². The number of nitrogens with zero attached hydrogens (tertiary/aromatic N) is 3. The number of hydrogen-bond donors (Lipinski definition) is 1. The Morgan fingerprint density at radius 2 is 2.06 bits per heavy atom. The van der Waals surface area contributed by atoms with Gasteiger partial charge in [0.2, 0.25) is 0 Å². The third kappa shape index (κ3) is 4.73. The number of aryl methyl sites for hydroxylation is 1. The fourth-order valence-electron chi connectivity index (χ4n) is 4.11. The standard InChI is InChI=1S/C25H26N4O2/c1-17-3-2-4-19(11-17)22-6-5-18(13-26)12-23(22)25(30)29-15-20(24(27)16-29)14-28-21-7-9-31-10-8-21/h2-6,11-12,14,20-21,27H,7-10,15-16H2,1H3. The highest BCUT2D eigenvalue weighted by atomic mass is 16.5. The molecule has 0 aromatic heterocycles. The summed E-state index contributed by atoms with van der Waals surface area (Å²) in [6, 6.07) is 15.6. The first-order valence-electron chi connectivity index (χ1n) is 10.6. The van der Waals surface area contributed by atoms with Crippen molar-refractivity contribution in [3.8, 4) is 17.2 Å². The van der Waals surface area contributed by atoms with Crippen LogP contribution in [-0.2, 0) is 4.74 Å². The number of likely N-dealkylation sites (tertiary alicyclic amines) is 1. The van der Waals surface area contributed by atoms with Gasteiger partial charge in [0, 0.05) is 37.2 Å². The largest absolute Gasteiger partial charge is 0.381 e. The van der Waals surface area contributed by atoms with Crippen molar-refractivity contribution in [2.24, 2.45) is 10.9 Å². The molecule has 6 heteroatoms. The minimum absolute atomic E-state index is 0.152. The topological polar surface area (TPSA) is 89.5 Å². The number of hydrogen-bond acceptors (Lipinski definition) is 5. The maximum atomic E-state index is 13.5. The summed E-state index contributed by atoms with van der Waals surface area (Å²) in [6.07, 6.45) is 3.65. The average molecular weight is 415 g/mol. The van der Waals surface area contributed by atoms with Crippen LogP contribution in [0.1, 0.15) is 34.3 Å². The van der Waals surface area contributed by atoms with Gasteiger partial charge in [0.05, 0.1) is 30.1 Å². The van der Waals surface area contributed by atoms with E-state index in [-0.39, 0.29) is 24.4 Å². The van der Waals surface area contributed by atoms with E-state index in [2.05, 4.69) is 11.1 Å². The molecule has 0 saturated carbocycles. The van der Waals surface area contributed by atoms with E-state index in [9.17, 15) is 10.1 Å². The molecule has 158 valence electrons. The number of ether oxygens (including phenoxy) is 1. The fraction of sp³-hybridized carbons (Fsp3) is 0.360. The van der Waals surface area contributed by atoms with Crippen molar-refractivity contribution in [2.75, 3.05) is 26.3 Å². The molecule has 2 aromatic carbocycles. The molecule has 2 heterocycles. The first-order chi connectivity index (χ1) is 15.0. The summed E-state index contributed by atoms with van der Waals surface area (Å²) < 4.78 is 5.37. The van der Waals surface area contributed by atoms with E-state index in [1.54, 1.807) is 17.0 Å². The van der Waals surface area contributed by atoms with E-state index in [0.717, 1.165) is 42.7 Å². The molecule has 2 fully saturated rings. The van der Waals surface area contributed by atoms with Crippen molar-refractivity contribution in [3.63, 3.8) is 0 Å². The van der Waals surface area contributed by atoms with Gasteiger partial charge in [-0.25, -0.2) is 0 Å². The van der Waals surface area contributed by atoms with Crippen LogP contribution in [0.15, 0.2) is 47.5 Å². The fourth-order valence-corrected chi connectivity index (χ4v) is 4.11. The number of carbonyl (C=O) groups excluding carboxylic acids is 1. The lowest BCUT2D eigenvalue weighted by molar-refractivity contribution is 0.0795. The molecule has 1 atom stereocenters. The molecule has 2 aliphatic heterocycles. The van der Waals surface area contributed by atoms with Crippen LogP contribution >= 0.6 is 0 Å². The SMILES string of the molecule is Cc1cccc(-c2ccc(C#N)cc2C(=O)N2CC(=N)C(C=NC3CCOCC3)C2)c1. The predicted molar refractivity (Wildman–Crippen MR) is 121 cm³/mol. The van der Waals surface area contributed by atoms with Gasteiger partial charge in [-0.1, -0.05) is 35.9 Å². The monoisotopic (exact) mass is 414 g/mol. The van der Waals surface area contributed by atoms with E-state index < -0.39 is 0 Å². The van der Waals surface area contributed by atoms with Crippen molar-refractivity contribution >= 4 is 17.8 Å². The second kappa shape index (κ2) is 9.23. The first-order valence-corrected chi connectivity index (χ1v) is 10.6. The van der Waals surface area contributed by atoms with Gasteiger partial charge in [-0.3, -0.25) is 9.79 Å². The minimum atomic E-state index is -0.159. The maximum Gasteiger partial charge on any atom is 0.254 e. The van der Waals surface area contributed by atoms with Crippen LogP contribution in [0.4, 0.5) is 0 Å². The van der Waals surface area contributed by atoms with Crippen LogP contribution in [0.3, 0.4) is 0 Å². The van der Waals surface area contributed by atoms with E-state index >= 15 is 0 Å². The Bertz CT molecular complexity index is 1060. The molecule has 0 bridgehead atoms. The highest BCUT2D eigenvalue weighted by Crippen LogP contribution is 2.28. The Hall–Kier alpha value is -3.30. The molecule has 1 N–H and O–H groups in total. The van der Waals surface area contributed by atoms with Gasteiger partial charge >= 0.3 is 0 Å². The van der Waals surface area contributed by atoms with Gasteiger partial charge in [0.1, 0.15) is 0 Å². The smallest absolute Gasteiger partial charge is 0.254 e. The van der Waals surface area contributed by atoms with Crippen LogP contribution in [0.2, 0.25) is 0 Å². The Morgan fingerprint density at radius 1 is 1.26 bits per heavy atom. The summed E-state index contributed by atoms with van der Waals surface area (Å²) in [5.41, 5.74) is 4.30. The summed E-state index contributed by atoms with van der Waals surface area (Å²) in [4.78, 5) is 19.8. The van der Waals surface area contributed by atoms with Gasteiger partial charge in [-0.2, -0.15) is 5.26 Å². The number of nitriles is 1. The molecule has 2 aliphatic rings. The lowest BCUT2D eigenvalue weighted by Crippen LogP contribution is -2.29. The zero-order valence-corrected chi connectivity index (χ0v) is 17.7. The number of rotatable bonds is 4. The molecule has 1 amide bonds. The summed E-state index contributed by atoms with van der Waals surface area (Å²) in [5, 5.41) is 17.7. The van der Waals surface area contributed by atoms with Gasteiger partial charge in [0.15, 0.2) is 0 Å². The van der Waals surface area contributed by atoms with E-state index in [4.69, 9.17) is 10.1 Å². The number of carbonyl (C=O) groups is 1. The Kier molecular flexibility index (Phi) is 6.24. The first kappa shape index (κ1) is 21.0. The normalized spacial score (nSPS) is 19.7. The Labute approximate surface area is 182 Å². The molecule has 6 nitrogen and oxygen atoms in total. The second-order valence-corrected chi connectivity index (χ2v) is 8.20. The zero-order chi connectivity index (χ0) is 21.8. The van der Waals surface area contributed by atoms with Crippen molar-refractivity contribution in [1.29, 1.82) is 10.7 Å². The summed E-state index contributed by atoms with van der Waals surface area (Å²) >= 11 is 0. The van der Waals surface area contributed by atoms with Gasteiger partial charge in [-0.05, 0) is 43.0 Å². The van der Waals surface area contributed by atoms with Crippen LogP contribution in [0.5, 0.6) is 0 Å². The predicted octanol–water partition coefficient (Wildman–Crippen LogP) is 3.88. The zero-order valence-electron chi connectivity index (χ0n) is 17.7. The van der Waals surface area contributed by atoms with Gasteiger partial charge in [0.25, 0.3) is 5.91 Å². The van der Waals surface area contributed by atoms with E-state index in [1.165, 1.54) is 0 Å². The molecular formula is C25H26N4O2. The molecule has 0 radical (unpaired) electrons. The second-order valence-electron chi connectivity index (χ2n) is 8.20. The molecule has 1 unspecified atom stereocenters. The van der Waals surface area contributed by atoms with Crippen molar-refractivity contribution < 1.29 is 9.53 Å². The summed E-state index contributed by atoms with van der Waals surface area (Å²) in [5.74, 6) is -0.311. The molecule has 31 heavy (non-hydrogen) atoms. The molecule has 2 saturated heterocycles. The number of nitrogens with one attached hydrogen (secondary N) is 1. The molecule has 4 rings (SSSR count). The summed E-state index contributed by atoms with van der Waals surface area (Å²) in [7, 11) is 0. The third-order valence-electron chi connectivity index (χ3n) is 5.89. The highest BCUT2D eigenvalue weighted by molar-refractivity contribution is 6.07. The van der Waals surface area contributed by atoms with Crippen LogP contribution in [0.25, 0.3) is 11.1 Å². The third-order valence-corrected chi connectivity index (χ3v) is 5.89. The van der Waals surface area contributed by atoms with E-state index in [1.807, 2.05) is 43.5 Å². The molecular weight excluding hydrogens is 388 g/mol. The Balaban J connectivity index is 1.57. The lowest BCUT2D eigenvalue weighted by Gasteiger charge is -2.19. The Morgan fingerprint density at radius 3 is 2.81 bits per heavy atom. The maximum absolute atomic E-state index is 13.5. The van der Waals surface area contributed by atoms with Crippen molar-refractivity contribution in [1.82, 2.24) is 4.90 Å². The van der Waals surface area contributed by atoms with Gasteiger partial charge < -0.3 is 15.0 Å². The molecule has 2 aromatic rings. The quantitative estimate of drug-likeness (QED) is 0.770. The van der Waals surface area contributed by atoms with Gasteiger partial charge in [-0.15, -0.1) is 0 Å². The van der Waals surface area contributed by atoms with E-state index in [0.29, 0.717) is 23.4 Å². The lowest BCUT2D eigenvalue weighted by atomic mass is 9.96. The van der Waals surface area contributed by atoms with Crippen LogP contribution in [-0.4, -0.2) is 55.1 Å². The highest BCUT2D eigenvalue weighted by Gasteiger charge is 2.32. The molecule has 0 aliphatic carbocycles. The van der Waals surface area contributed by atoms with Crippen LogP contribution < -0.4 is 0 Å². The number of aliphatic imine (C=N–C) groups is 1. The van der Waals surface area contributed by atoms with Crippen molar-refractivity contribution in [2.45, 2.75) is 25.8 Å². The number of benzene rings is 2. The molecule has 0 spiro atoms. The number of amides is 1. The summed E-state index contributed by atoms with van der Waals surface area (Å²) in [6.45, 7) is 4.19. The van der Waals surface area contributed by atoms with Crippen molar-refractivity contribution in [3.05, 3.63) is 59.2 Å². The minimum Gasteiger partial charge on any atom is -0.381 e. The average Bonchev–Trinajstić information content (AvgIpc) is 3.18.